The Hall–Kier alpha value is -1.92. The summed E-state index contributed by atoms with van der Waals surface area (Å²) in [5, 5.41) is 0. The summed E-state index contributed by atoms with van der Waals surface area (Å²) < 4.78 is 31.5. The van der Waals surface area contributed by atoms with Crippen molar-refractivity contribution >= 4 is 10.0 Å². The van der Waals surface area contributed by atoms with Gasteiger partial charge in [0.05, 0.1) is 12.5 Å². The van der Waals surface area contributed by atoms with Gasteiger partial charge in [0.25, 0.3) is 0 Å². The van der Waals surface area contributed by atoms with Gasteiger partial charge >= 0.3 is 0 Å². The highest BCUT2D eigenvalue weighted by atomic mass is 32.2. The molecule has 1 aromatic carbocycles. The van der Waals surface area contributed by atoms with Crippen LogP contribution < -0.4 is 4.74 Å². The zero-order valence-corrected chi connectivity index (χ0v) is 14.5. The predicted octanol–water partition coefficient (Wildman–Crippen LogP) is 2.35. The van der Waals surface area contributed by atoms with Crippen molar-refractivity contribution in [2.24, 2.45) is 5.92 Å². The Morgan fingerprint density at radius 2 is 2.00 bits per heavy atom. The number of sulfonamides is 1. The molecule has 2 atom stereocenters. The molecule has 0 radical (unpaired) electrons. The Balaban J connectivity index is 1.78. The van der Waals surface area contributed by atoms with Crippen molar-refractivity contribution in [3.8, 4) is 5.75 Å². The fraction of sp³-hybridized carbons (Fsp3) is 0.389. The first kappa shape index (κ1) is 16.9. The molecule has 3 rings (SSSR count). The minimum Gasteiger partial charge on any atom is -0.488 e. The van der Waals surface area contributed by atoms with E-state index in [9.17, 15) is 8.42 Å². The van der Waals surface area contributed by atoms with Crippen LogP contribution in [-0.2, 0) is 16.4 Å². The largest absolute Gasteiger partial charge is 0.488 e. The van der Waals surface area contributed by atoms with Crippen molar-refractivity contribution in [1.82, 2.24) is 9.29 Å². The molecular weight excluding hydrogens is 324 g/mol. The maximum atomic E-state index is 11.9. The summed E-state index contributed by atoms with van der Waals surface area (Å²) in [4.78, 5) is 4.08. The SMILES string of the molecule is CS(=O)(=O)N1CC[C@H](Oc2cccnc2)[C@H](Cc2ccccc2)C1. The Morgan fingerprint density at radius 3 is 2.67 bits per heavy atom. The smallest absolute Gasteiger partial charge is 0.211 e. The maximum absolute atomic E-state index is 11.9. The lowest BCUT2D eigenvalue weighted by atomic mass is 9.89. The third-order valence-electron chi connectivity index (χ3n) is 4.36. The number of ether oxygens (including phenoxy) is 1. The molecule has 1 aromatic heterocycles. The third-order valence-corrected chi connectivity index (χ3v) is 5.63. The van der Waals surface area contributed by atoms with E-state index in [1.165, 1.54) is 11.8 Å². The lowest BCUT2D eigenvalue weighted by Gasteiger charge is -2.37. The van der Waals surface area contributed by atoms with Gasteiger partial charge in [-0.2, -0.15) is 0 Å². The fourth-order valence-corrected chi connectivity index (χ4v) is 4.04. The highest BCUT2D eigenvalue weighted by molar-refractivity contribution is 7.88. The second kappa shape index (κ2) is 7.32. The summed E-state index contributed by atoms with van der Waals surface area (Å²) in [6.45, 7) is 0.980. The van der Waals surface area contributed by atoms with Gasteiger partial charge in [-0.1, -0.05) is 30.3 Å². The molecule has 2 aromatic rings. The van der Waals surface area contributed by atoms with E-state index in [2.05, 4.69) is 17.1 Å². The van der Waals surface area contributed by atoms with E-state index < -0.39 is 10.0 Å². The molecule has 6 heteroatoms. The molecule has 1 saturated heterocycles. The number of benzene rings is 1. The average molecular weight is 346 g/mol. The van der Waals surface area contributed by atoms with Crippen LogP contribution in [0.4, 0.5) is 0 Å². The Bertz CT molecular complexity index is 750. The number of hydrogen-bond acceptors (Lipinski definition) is 4. The van der Waals surface area contributed by atoms with Crippen LogP contribution in [0.1, 0.15) is 12.0 Å². The van der Waals surface area contributed by atoms with E-state index in [1.54, 1.807) is 16.7 Å². The summed E-state index contributed by atoms with van der Waals surface area (Å²) in [6.07, 6.45) is 6.13. The number of hydrogen-bond donors (Lipinski definition) is 0. The summed E-state index contributed by atoms with van der Waals surface area (Å²) in [5.41, 5.74) is 1.19. The van der Waals surface area contributed by atoms with Crippen LogP contribution in [0.15, 0.2) is 54.9 Å². The predicted molar refractivity (Wildman–Crippen MR) is 93.3 cm³/mol. The van der Waals surface area contributed by atoms with Crippen LogP contribution in [0.2, 0.25) is 0 Å². The van der Waals surface area contributed by atoms with Crippen LogP contribution >= 0.6 is 0 Å². The van der Waals surface area contributed by atoms with E-state index in [-0.39, 0.29) is 12.0 Å². The van der Waals surface area contributed by atoms with Gasteiger partial charge in [0, 0.05) is 25.2 Å². The van der Waals surface area contributed by atoms with Gasteiger partial charge in [0.2, 0.25) is 10.0 Å². The first-order chi connectivity index (χ1) is 11.5. The number of rotatable bonds is 5. The first-order valence-corrected chi connectivity index (χ1v) is 9.93. The highest BCUT2D eigenvalue weighted by Crippen LogP contribution is 2.27. The molecule has 0 amide bonds. The molecule has 0 spiro atoms. The molecule has 2 heterocycles. The quantitative estimate of drug-likeness (QED) is 0.834. The van der Waals surface area contributed by atoms with Crippen LogP contribution in [0.3, 0.4) is 0 Å². The average Bonchev–Trinajstić information content (AvgIpc) is 2.57. The summed E-state index contributed by atoms with van der Waals surface area (Å²) in [6, 6.07) is 13.9. The van der Waals surface area contributed by atoms with Crippen molar-refractivity contribution in [2.45, 2.75) is 18.9 Å². The van der Waals surface area contributed by atoms with Gasteiger partial charge in [0.15, 0.2) is 0 Å². The number of pyridine rings is 1. The lowest BCUT2D eigenvalue weighted by Crippen LogP contribution is -2.48. The molecule has 5 nitrogen and oxygen atoms in total. The Morgan fingerprint density at radius 1 is 1.21 bits per heavy atom. The molecular formula is C18H22N2O3S. The molecule has 1 aliphatic rings. The monoisotopic (exact) mass is 346 g/mol. The van der Waals surface area contributed by atoms with Gasteiger partial charge < -0.3 is 4.74 Å². The van der Waals surface area contributed by atoms with Crippen LogP contribution in [0.25, 0.3) is 0 Å². The van der Waals surface area contributed by atoms with Crippen molar-refractivity contribution < 1.29 is 13.2 Å². The second-order valence-corrected chi connectivity index (χ2v) is 8.19. The van der Waals surface area contributed by atoms with Crippen molar-refractivity contribution in [1.29, 1.82) is 0 Å². The topological polar surface area (TPSA) is 59.5 Å². The summed E-state index contributed by atoms with van der Waals surface area (Å²) >= 11 is 0. The van der Waals surface area contributed by atoms with Gasteiger partial charge in [-0.25, -0.2) is 12.7 Å². The van der Waals surface area contributed by atoms with Crippen LogP contribution in [0, 0.1) is 5.92 Å². The molecule has 0 bridgehead atoms. The van der Waals surface area contributed by atoms with Crippen molar-refractivity contribution in [3.05, 3.63) is 60.4 Å². The van der Waals surface area contributed by atoms with Gasteiger partial charge in [0.1, 0.15) is 11.9 Å². The minimum absolute atomic E-state index is 0.0209. The fourth-order valence-electron chi connectivity index (χ4n) is 3.14. The molecule has 0 aliphatic carbocycles. The molecule has 24 heavy (non-hydrogen) atoms. The first-order valence-electron chi connectivity index (χ1n) is 8.08. The van der Waals surface area contributed by atoms with E-state index >= 15 is 0 Å². The standard InChI is InChI=1S/C18H22N2O3S/c1-24(21,22)20-11-9-18(23-17-8-5-10-19-13-17)16(14-20)12-15-6-3-2-4-7-15/h2-8,10,13,16,18H,9,11-12,14H2,1H3/t16-,18+/m1/s1. The number of nitrogens with zero attached hydrogens (tertiary/aromatic N) is 2. The molecule has 1 aliphatic heterocycles. The second-order valence-electron chi connectivity index (χ2n) is 6.20. The lowest BCUT2D eigenvalue weighted by molar-refractivity contribution is 0.0742. The zero-order valence-electron chi connectivity index (χ0n) is 13.7. The van der Waals surface area contributed by atoms with Gasteiger partial charge in [-0.15, -0.1) is 0 Å². The van der Waals surface area contributed by atoms with Gasteiger partial charge in [-0.05, 0) is 30.5 Å². The molecule has 0 unspecified atom stereocenters. The molecule has 128 valence electrons. The van der Waals surface area contributed by atoms with E-state index in [0.29, 0.717) is 19.5 Å². The highest BCUT2D eigenvalue weighted by Gasteiger charge is 2.34. The number of piperidine rings is 1. The van der Waals surface area contributed by atoms with E-state index in [0.717, 1.165) is 12.2 Å². The zero-order chi connectivity index (χ0) is 17.0. The van der Waals surface area contributed by atoms with E-state index in [4.69, 9.17) is 4.74 Å². The van der Waals surface area contributed by atoms with Crippen molar-refractivity contribution in [3.63, 3.8) is 0 Å². The van der Waals surface area contributed by atoms with Gasteiger partial charge in [-0.3, -0.25) is 4.98 Å². The van der Waals surface area contributed by atoms with E-state index in [1.807, 2.05) is 30.3 Å². The summed E-state index contributed by atoms with van der Waals surface area (Å²) in [5.74, 6) is 0.837. The maximum Gasteiger partial charge on any atom is 0.211 e. The molecule has 0 saturated carbocycles. The van der Waals surface area contributed by atoms with Crippen LogP contribution in [0.5, 0.6) is 5.75 Å². The van der Waals surface area contributed by atoms with Crippen LogP contribution in [-0.4, -0.2) is 43.2 Å². The number of aromatic nitrogens is 1. The third kappa shape index (κ3) is 4.33. The molecule has 1 fully saturated rings. The Labute approximate surface area is 143 Å². The Kier molecular flexibility index (Phi) is 5.16. The normalized spacial score (nSPS) is 22.2. The molecule has 0 N–H and O–H groups in total. The minimum atomic E-state index is -3.18. The van der Waals surface area contributed by atoms with Crippen molar-refractivity contribution in [2.75, 3.05) is 19.3 Å². The summed E-state index contributed by atoms with van der Waals surface area (Å²) in [7, 11) is -3.18.